The van der Waals surface area contributed by atoms with E-state index in [4.69, 9.17) is 4.74 Å². The minimum Gasteiger partial charge on any atom is -0.467 e. The Balaban J connectivity index is 1.40. The second-order valence-electron chi connectivity index (χ2n) is 13.7. The molecule has 1 amide bonds. The van der Waals surface area contributed by atoms with Gasteiger partial charge >= 0.3 is 5.97 Å². The number of fused-ring (bicyclic) bond motifs is 5. The first-order valence-corrected chi connectivity index (χ1v) is 15.0. The Bertz CT molecular complexity index is 874. The number of hydrogen-bond donors (Lipinski definition) is 2. The van der Waals surface area contributed by atoms with Gasteiger partial charge in [0.25, 0.3) is 0 Å². The summed E-state index contributed by atoms with van der Waals surface area (Å²) in [6, 6.07) is -0.588. The first-order valence-electron chi connectivity index (χ1n) is 15.0. The standard InChI is InChI=1S/C31H51NO5/c1-7-18(2)28(29(36)37-6)32-26(35)11-8-19(3)22-9-10-23-27-24(13-15-31(22,23)5)30(4)14-12-21(33)16-20(30)17-25(27)34/h18-20,22-25,27-28,34H,7-17H2,1-6H3,(H,32,35)/t18?,19-,20+,22-,23+,24+,25-,27+,28+,30+,31-/m1/s1. The largest absolute Gasteiger partial charge is 0.467 e. The summed E-state index contributed by atoms with van der Waals surface area (Å²) in [6.07, 6.45) is 9.53. The van der Waals surface area contributed by atoms with Gasteiger partial charge in [0.05, 0.1) is 13.2 Å². The summed E-state index contributed by atoms with van der Waals surface area (Å²) in [4.78, 5) is 37.2. The molecule has 0 aromatic heterocycles. The molecule has 0 aromatic carbocycles. The smallest absolute Gasteiger partial charge is 0.328 e. The Morgan fingerprint density at radius 1 is 1.11 bits per heavy atom. The molecule has 6 heteroatoms. The van der Waals surface area contributed by atoms with Gasteiger partial charge in [0, 0.05) is 19.3 Å². The summed E-state index contributed by atoms with van der Waals surface area (Å²) < 4.78 is 4.92. The maximum absolute atomic E-state index is 12.8. The predicted octanol–water partition coefficient (Wildman–Crippen LogP) is 5.31. The fourth-order valence-corrected chi connectivity index (χ4v) is 9.59. The number of ketones is 1. The molecular formula is C31H51NO5. The Kier molecular flexibility index (Phi) is 8.48. The molecule has 210 valence electrons. The highest BCUT2D eigenvalue weighted by molar-refractivity contribution is 5.84. The molecule has 4 rings (SSSR count). The zero-order valence-corrected chi connectivity index (χ0v) is 24.1. The monoisotopic (exact) mass is 517 g/mol. The van der Waals surface area contributed by atoms with E-state index in [0.29, 0.717) is 60.6 Å². The molecule has 11 atom stereocenters. The molecule has 0 radical (unpaired) electrons. The summed E-state index contributed by atoms with van der Waals surface area (Å²) in [5.74, 6) is 2.64. The second kappa shape index (κ2) is 11.0. The number of Topliss-reactive ketones (excluding diaryl/α,β-unsaturated/α-hetero) is 1. The summed E-state index contributed by atoms with van der Waals surface area (Å²) >= 11 is 0. The average Bonchev–Trinajstić information content (AvgIpc) is 3.23. The van der Waals surface area contributed by atoms with E-state index in [9.17, 15) is 19.5 Å². The van der Waals surface area contributed by atoms with Crippen LogP contribution in [0.15, 0.2) is 0 Å². The number of aliphatic hydroxyl groups excluding tert-OH is 1. The Morgan fingerprint density at radius 2 is 1.81 bits per heavy atom. The number of aliphatic hydroxyl groups is 1. The van der Waals surface area contributed by atoms with Crippen molar-refractivity contribution in [2.75, 3.05) is 7.11 Å². The third-order valence-electron chi connectivity index (χ3n) is 12.1. The van der Waals surface area contributed by atoms with E-state index < -0.39 is 6.04 Å². The normalized spacial score (nSPS) is 41.5. The van der Waals surface area contributed by atoms with Crippen molar-refractivity contribution >= 4 is 17.7 Å². The average molecular weight is 518 g/mol. The number of carbonyl (C=O) groups is 3. The fraction of sp³-hybridized carbons (Fsp3) is 0.903. The van der Waals surface area contributed by atoms with Crippen molar-refractivity contribution < 1.29 is 24.2 Å². The first-order chi connectivity index (χ1) is 17.5. The van der Waals surface area contributed by atoms with E-state index in [1.807, 2.05) is 13.8 Å². The lowest BCUT2D eigenvalue weighted by Crippen LogP contribution is -2.58. The van der Waals surface area contributed by atoms with Crippen LogP contribution in [0.3, 0.4) is 0 Å². The molecule has 4 aliphatic carbocycles. The van der Waals surface area contributed by atoms with Crippen LogP contribution in [-0.2, 0) is 19.1 Å². The zero-order chi connectivity index (χ0) is 27.1. The van der Waals surface area contributed by atoms with E-state index in [1.54, 1.807) is 0 Å². The highest BCUT2D eigenvalue weighted by atomic mass is 16.5. The van der Waals surface area contributed by atoms with Gasteiger partial charge in [-0.3, -0.25) is 9.59 Å². The highest BCUT2D eigenvalue weighted by Gasteiger charge is 2.62. The highest BCUT2D eigenvalue weighted by Crippen LogP contribution is 2.68. The first kappa shape index (κ1) is 28.6. The second-order valence-corrected chi connectivity index (χ2v) is 13.7. The van der Waals surface area contributed by atoms with Crippen molar-refractivity contribution in [3.63, 3.8) is 0 Å². The number of nitrogens with one attached hydrogen (secondary N) is 1. The summed E-state index contributed by atoms with van der Waals surface area (Å²) in [5.41, 5.74) is 0.379. The number of esters is 1. The van der Waals surface area contributed by atoms with Crippen LogP contribution in [0, 0.1) is 52.3 Å². The molecule has 0 aromatic rings. The molecule has 4 fully saturated rings. The van der Waals surface area contributed by atoms with Crippen LogP contribution in [0.5, 0.6) is 0 Å². The predicted molar refractivity (Wildman–Crippen MR) is 143 cm³/mol. The molecular weight excluding hydrogens is 466 g/mol. The quantitative estimate of drug-likeness (QED) is 0.426. The van der Waals surface area contributed by atoms with Gasteiger partial charge in [-0.05, 0) is 97.2 Å². The third-order valence-corrected chi connectivity index (χ3v) is 12.1. The van der Waals surface area contributed by atoms with Crippen LogP contribution in [0.4, 0.5) is 0 Å². The maximum atomic E-state index is 12.8. The number of methoxy groups -OCH3 is 1. The van der Waals surface area contributed by atoms with Gasteiger partial charge < -0.3 is 15.2 Å². The number of ether oxygens (including phenoxy) is 1. The SMILES string of the molecule is CCC(C)[C@H](NC(=O)CC[C@@H](C)[C@H]1CC[C@H]2[C@@H]3[C@H](O)C[C@@H]4CC(=O)CC[C@]4(C)[C@H]3CC[C@]12C)C(=O)OC. The van der Waals surface area contributed by atoms with E-state index in [0.717, 1.165) is 44.9 Å². The van der Waals surface area contributed by atoms with Gasteiger partial charge in [-0.25, -0.2) is 4.79 Å². The van der Waals surface area contributed by atoms with Crippen LogP contribution in [0.1, 0.15) is 105 Å². The summed E-state index contributed by atoms with van der Waals surface area (Å²) in [6.45, 7) is 11.2. The Hall–Kier alpha value is -1.43. The van der Waals surface area contributed by atoms with Crippen LogP contribution in [-0.4, -0.2) is 42.0 Å². The molecule has 6 nitrogen and oxygen atoms in total. The van der Waals surface area contributed by atoms with Gasteiger partial charge in [0.1, 0.15) is 11.8 Å². The molecule has 2 N–H and O–H groups in total. The molecule has 1 unspecified atom stereocenters. The van der Waals surface area contributed by atoms with Crippen molar-refractivity contribution in [3.05, 3.63) is 0 Å². The van der Waals surface area contributed by atoms with Gasteiger partial charge in [-0.2, -0.15) is 0 Å². The van der Waals surface area contributed by atoms with E-state index >= 15 is 0 Å². The van der Waals surface area contributed by atoms with Crippen molar-refractivity contribution in [1.29, 1.82) is 0 Å². The maximum Gasteiger partial charge on any atom is 0.328 e. The molecule has 0 saturated heterocycles. The Morgan fingerprint density at radius 3 is 2.49 bits per heavy atom. The fourth-order valence-electron chi connectivity index (χ4n) is 9.59. The summed E-state index contributed by atoms with van der Waals surface area (Å²) in [7, 11) is 1.37. The number of hydrogen-bond acceptors (Lipinski definition) is 5. The minimum absolute atomic E-state index is 0.0316. The number of amides is 1. The molecule has 4 aliphatic rings. The van der Waals surface area contributed by atoms with E-state index in [-0.39, 0.29) is 34.7 Å². The molecule has 0 spiro atoms. The van der Waals surface area contributed by atoms with E-state index in [1.165, 1.54) is 13.5 Å². The summed E-state index contributed by atoms with van der Waals surface area (Å²) in [5, 5.41) is 14.4. The third kappa shape index (κ3) is 5.13. The van der Waals surface area contributed by atoms with Crippen molar-refractivity contribution in [1.82, 2.24) is 5.32 Å². The topological polar surface area (TPSA) is 92.7 Å². The molecule has 0 aliphatic heterocycles. The lowest BCUT2D eigenvalue weighted by Gasteiger charge is -2.62. The van der Waals surface area contributed by atoms with Gasteiger partial charge in [-0.1, -0.05) is 41.0 Å². The molecule has 4 saturated carbocycles. The zero-order valence-electron chi connectivity index (χ0n) is 24.1. The van der Waals surface area contributed by atoms with E-state index in [2.05, 4.69) is 26.1 Å². The van der Waals surface area contributed by atoms with Crippen LogP contribution < -0.4 is 5.32 Å². The van der Waals surface area contributed by atoms with Crippen LogP contribution in [0.25, 0.3) is 0 Å². The molecule has 0 heterocycles. The lowest BCUT2D eigenvalue weighted by atomic mass is 9.44. The van der Waals surface area contributed by atoms with Crippen molar-refractivity contribution in [3.8, 4) is 0 Å². The van der Waals surface area contributed by atoms with Gasteiger partial charge in [0.2, 0.25) is 5.91 Å². The lowest BCUT2D eigenvalue weighted by molar-refractivity contribution is -0.169. The van der Waals surface area contributed by atoms with Crippen LogP contribution >= 0.6 is 0 Å². The Labute approximate surface area is 224 Å². The minimum atomic E-state index is -0.588. The number of carbonyl (C=O) groups excluding carboxylic acids is 3. The van der Waals surface area contributed by atoms with Crippen LogP contribution in [0.2, 0.25) is 0 Å². The van der Waals surface area contributed by atoms with Gasteiger partial charge in [0.15, 0.2) is 0 Å². The molecule has 0 bridgehead atoms. The van der Waals surface area contributed by atoms with Crippen molar-refractivity contribution in [2.45, 2.75) is 117 Å². The van der Waals surface area contributed by atoms with Gasteiger partial charge in [-0.15, -0.1) is 0 Å². The number of rotatable bonds is 8. The molecule has 37 heavy (non-hydrogen) atoms. The van der Waals surface area contributed by atoms with Crippen molar-refractivity contribution in [2.24, 2.45) is 52.3 Å².